The fraction of sp³-hybridized carbons (Fsp3) is 0.0625. The Kier molecular flexibility index (Phi) is 3.67. The zero-order valence-corrected chi connectivity index (χ0v) is 12.8. The number of nitrogen functional groups attached to an aromatic ring is 2. The van der Waals surface area contributed by atoms with E-state index in [9.17, 15) is 4.79 Å². The summed E-state index contributed by atoms with van der Waals surface area (Å²) in [5, 5.41) is 13.4. The zero-order chi connectivity index (χ0) is 17.3. The number of benzene rings is 1. The molecule has 0 radical (unpaired) electrons. The summed E-state index contributed by atoms with van der Waals surface area (Å²) in [6, 6.07) is 9.20. The summed E-state index contributed by atoms with van der Waals surface area (Å²) in [5.41, 5.74) is 14.0. The SMILES string of the molecule is COC(=O)c1c(N)c(C#N)cn1-c1cnn(-c2ccccc2N)c1. The molecule has 1 aromatic carbocycles. The van der Waals surface area contributed by atoms with Crippen LogP contribution < -0.4 is 11.5 Å². The Hall–Kier alpha value is -3.73. The van der Waals surface area contributed by atoms with Gasteiger partial charge in [0.2, 0.25) is 0 Å². The molecule has 120 valence electrons. The van der Waals surface area contributed by atoms with Crippen LogP contribution in [0.4, 0.5) is 11.4 Å². The van der Waals surface area contributed by atoms with E-state index >= 15 is 0 Å². The van der Waals surface area contributed by atoms with Gasteiger partial charge in [-0.25, -0.2) is 9.48 Å². The number of ether oxygens (including phenoxy) is 1. The normalized spacial score (nSPS) is 10.3. The van der Waals surface area contributed by atoms with Crippen molar-refractivity contribution in [3.8, 4) is 17.4 Å². The van der Waals surface area contributed by atoms with Crippen LogP contribution in [0.15, 0.2) is 42.9 Å². The van der Waals surface area contributed by atoms with Crippen LogP contribution in [-0.2, 0) is 4.74 Å². The van der Waals surface area contributed by atoms with Crippen molar-refractivity contribution in [2.24, 2.45) is 0 Å². The van der Waals surface area contributed by atoms with Gasteiger partial charge in [-0.05, 0) is 12.1 Å². The molecule has 0 amide bonds. The van der Waals surface area contributed by atoms with E-state index < -0.39 is 5.97 Å². The second kappa shape index (κ2) is 5.81. The van der Waals surface area contributed by atoms with Gasteiger partial charge in [0.1, 0.15) is 6.07 Å². The van der Waals surface area contributed by atoms with Crippen LogP contribution in [0.2, 0.25) is 0 Å². The number of esters is 1. The Balaban J connectivity index is 2.13. The second-order valence-corrected chi connectivity index (χ2v) is 4.98. The van der Waals surface area contributed by atoms with Gasteiger partial charge in [-0.15, -0.1) is 0 Å². The van der Waals surface area contributed by atoms with Gasteiger partial charge in [0.15, 0.2) is 5.69 Å². The van der Waals surface area contributed by atoms with Crippen LogP contribution in [-0.4, -0.2) is 27.4 Å². The lowest BCUT2D eigenvalue weighted by Gasteiger charge is -2.06. The number of nitrogens with two attached hydrogens (primary N) is 2. The van der Waals surface area contributed by atoms with Gasteiger partial charge >= 0.3 is 5.97 Å². The number of nitriles is 1. The first kappa shape index (κ1) is 15.2. The number of rotatable bonds is 3. The lowest BCUT2D eigenvalue weighted by molar-refractivity contribution is 0.0593. The van der Waals surface area contributed by atoms with Gasteiger partial charge < -0.3 is 20.8 Å². The van der Waals surface area contributed by atoms with E-state index in [1.165, 1.54) is 17.9 Å². The summed E-state index contributed by atoms with van der Waals surface area (Å²) >= 11 is 0. The molecule has 2 heterocycles. The van der Waals surface area contributed by atoms with E-state index in [1.54, 1.807) is 23.1 Å². The van der Waals surface area contributed by atoms with E-state index in [4.69, 9.17) is 21.5 Å². The Morgan fingerprint density at radius 1 is 1.29 bits per heavy atom. The Morgan fingerprint density at radius 2 is 2.04 bits per heavy atom. The third kappa shape index (κ3) is 2.34. The molecule has 0 atom stereocenters. The molecule has 3 rings (SSSR count). The maximum atomic E-state index is 12.0. The number of nitrogens with zero attached hydrogens (tertiary/aromatic N) is 4. The van der Waals surface area contributed by atoms with Crippen LogP contribution in [0.3, 0.4) is 0 Å². The molecule has 0 saturated carbocycles. The second-order valence-electron chi connectivity index (χ2n) is 4.98. The van der Waals surface area contributed by atoms with E-state index in [-0.39, 0.29) is 16.9 Å². The van der Waals surface area contributed by atoms with Crippen molar-refractivity contribution in [2.45, 2.75) is 0 Å². The van der Waals surface area contributed by atoms with Crippen LogP contribution in [0.5, 0.6) is 0 Å². The highest BCUT2D eigenvalue weighted by Gasteiger charge is 2.22. The van der Waals surface area contributed by atoms with Crippen molar-refractivity contribution in [1.82, 2.24) is 14.3 Å². The summed E-state index contributed by atoms with van der Waals surface area (Å²) in [5.74, 6) is -0.638. The average Bonchev–Trinajstić information content (AvgIpc) is 3.19. The highest BCUT2D eigenvalue weighted by molar-refractivity contribution is 5.95. The third-order valence-corrected chi connectivity index (χ3v) is 3.57. The number of anilines is 2. The predicted octanol–water partition coefficient (Wildman–Crippen LogP) is 1.49. The van der Waals surface area contributed by atoms with Gasteiger partial charge in [0, 0.05) is 6.20 Å². The molecule has 0 saturated heterocycles. The van der Waals surface area contributed by atoms with Crippen molar-refractivity contribution < 1.29 is 9.53 Å². The molecule has 0 aliphatic heterocycles. The van der Waals surface area contributed by atoms with Crippen molar-refractivity contribution in [1.29, 1.82) is 5.26 Å². The first-order valence-electron chi connectivity index (χ1n) is 6.96. The molecule has 24 heavy (non-hydrogen) atoms. The van der Waals surface area contributed by atoms with Crippen LogP contribution in [0.1, 0.15) is 16.1 Å². The highest BCUT2D eigenvalue weighted by atomic mass is 16.5. The number of methoxy groups -OCH3 is 1. The molecule has 0 spiro atoms. The molecular formula is C16H14N6O2. The monoisotopic (exact) mass is 322 g/mol. The Bertz CT molecular complexity index is 963. The average molecular weight is 322 g/mol. The fourth-order valence-electron chi connectivity index (χ4n) is 2.38. The Labute approximate surface area is 137 Å². The lowest BCUT2D eigenvalue weighted by atomic mass is 10.2. The van der Waals surface area contributed by atoms with Crippen LogP contribution in [0, 0.1) is 11.3 Å². The quantitative estimate of drug-likeness (QED) is 0.556. The molecule has 0 aliphatic rings. The van der Waals surface area contributed by atoms with E-state index in [1.807, 2.05) is 24.3 Å². The molecule has 8 nitrogen and oxygen atoms in total. The van der Waals surface area contributed by atoms with Crippen molar-refractivity contribution in [3.63, 3.8) is 0 Å². The fourth-order valence-corrected chi connectivity index (χ4v) is 2.38. The highest BCUT2D eigenvalue weighted by Crippen LogP contribution is 2.25. The molecule has 0 bridgehead atoms. The molecule has 8 heteroatoms. The van der Waals surface area contributed by atoms with Gasteiger partial charge in [-0.3, -0.25) is 0 Å². The Morgan fingerprint density at radius 3 is 2.71 bits per heavy atom. The molecule has 4 N–H and O–H groups in total. The molecule has 3 aromatic rings. The minimum atomic E-state index is -0.638. The number of carbonyl (C=O) groups excluding carboxylic acids is 1. The topological polar surface area (TPSA) is 125 Å². The zero-order valence-electron chi connectivity index (χ0n) is 12.8. The minimum absolute atomic E-state index is 0.0660. The number of carbonyl (C=O) groups is 1. The minimum Gasteiger partial charge on any atom is -0.464 e. The van der Waals surface area contributed by atoms with Gasteiger partial charge in [-0.1, -0.05) is 12.1 Å². The first-order valence-corrected chi connectivity index (χ1v) is 6.96. The first-order chi connectivity index (χ1) is 11.6. The molecular weight excluding hydrogens is 308 g/mol. The van der Waals surface area contributed by atoms with Gasteiger partial charge in [0.25, 0.3) is 0 Å². The lowest BCUT2D eigenvalue weighted by Crippen LogP contribution is -2.10. The molecule has 2 aromatic heterocycles. The summed E-state index contributed by atoms with van der Waals surface area (Å²) < 4.78 is 7.80. The van der Waals surface area contributed by atoms with Crippen LogP contribution in [0.25, 0.3) is 11.4 Å². The smallest absolute Gasteiger partial charge is 0.357 e. The predicted molar refractivity (Wildman–Crippen MR) is 87.8 cm³/mol. The number of hydrogen-bond donors (Lipinski definition) is 2. The summed E-state index contributed by atoms with van der Waals surface area (Å²) in [6.07, 6.45) is 4.69. The molecule has 0 aliphatic carbocycles. The number of para-hydroxylation sites is 2. The summed E-state index contributed by atoms with van der Waals surface area (Å²) in [4.78, 5) is 12.0. The maximum absolute atomic E-state index is 12.0. The van der Waals surface area contributed by atoms with Crippen molar-refractivity contribution >= 4 is 17.3 Å². The van der Waals surface area contributed by atoms with E-state index in [0.717, 1.165) is 0 Å². The van der Waals surface area contributed by atoms with E-state index in [2.05, 4.69) is 5.10 Å². The van der Waals surface area contributed by atoms with Crippen molar-refractivity contribution in [2.75, 3.05) is 18.6 Å². The number of hydrogen-bond acceptors (Lipinski definition) is 6. The molecule has 0 unspecified atom stereocenters. The van der Waals surface area contributed by atoms with Crippen LogP contribution >= 0.6 is 0 Å². The van der Waals surface area contributed by atoms with E-state index in [0.29, 0.717) is 17.1 Å². The van der Waals surface area contributed by atoms with Gasteiger partial charge in [-0.2, -0.15) is 10.4 Å². The maximum Gasteiger partial charge on any atom is 0.357 e. The number of aromatic nitrogens is 3. The largest absolute Gasteiger partial charge is 0.464 e. The summed E-state index contributed by atoms with van der Waals surface area (Å²) in [6.45, 7) is 0. The molecule has 0 fully saturated rings. The summed E-state index contributed by atoms with van der Waals surface area (Å²) in [7, 11) is 1.25. The standard InChI is InChI=1S/C16H14N6O2/c1-24-16(23)15-14(19)10(6-17)8-21(15)11-7-20-22(9-11)13-5-3-2-4-12(13)18/h2-5,7-9H,18-19H2,1H3. The van der Waals surface area contributed by atoms with Crippen molar-refractivity contribution in [3.05, 3.63) is 54.1 Å². The third-order valence-electron chi connectivity index (χ3n) is 3.57. The van der Waals surface area contributed by atoms with Gasteiger partial charge in [0.05, 0.1) is 47.8 Å².